The second kappa shape index (κ2) is 8.86. The molecule has 2 aromatic carbocycles. The lowest BCUT2D eigenvalue weighted by molar-refractivity contribution is -0.127. The zero-order valence-corrected chi connectivity index (χ0v) is 15.7. The largest absolute Gasteiger partial charge is 0.481 e. The van der Waals surface area contributed by atoms with E-state index in [1.165, 1.54) is 37.1 Å². The lowest BCUT2D eigenvalue weighted by atomic mass is 10.1. The van der Waals surface area contributed by atoms with Crippen molar-refractivity contribution in [3.63, 3.8) is 0 Å². The van der Waals surface area contributed by atoms with E-state index in [0.29, 0.717) is 6.54 Å². The van der Waals surface area contributed by atoms with Gasteiger partial charge >= 0.3 is 0 Å². The van der Waals surface area contributed by atoms with Gasteiger partial charge in [0.25, 0.3) is 5.91 Å². The quantitative estimate of drug-likeness (QED) is 0.827. The highest BCUT2D eigenvalue weighted by Crippen LogP contribution is 2.17. The van der Waals surface area contributed by atoms with Crippen LogP contribution in [0.5, 0.6) is 5.75 Å². The van der Waals surface area contributed by atoms with Crippen LogP contribution in [-0.4, -0.2) is 30.0 Å². The van der Waals surface area contributed by atoms with Crippen molar-refractivity contribution in [3.05, 3.63) is 65.2 Å². The van der Waals surface area contributed by atoms with Gasteiger partial charge < -0.3 is 10.1 Å². The molecule has 4 nitrogen and oxygen atoms in total. The molecule has 1 fully saturated rings. The molecule has 0 bridgehead atoms. The van der Waals surface area contributed by atoms with E-state index in [9.17, 15) is 4.79 Å². The maximum Gasteiger partial charge on any atom is 0.261 e. The average molecular weight is 352 g/mol. The summed E-state index contributed by atoms with van der Waals surface area (Å²) in [6, 6.07) is 16.1. The highest BCUT2D eigenvalue weighted by molar-refractivity contribution is 5.80. The van der Waals surface area contributed by atoms with E-state index in [2.05, 4.69) is 28.4 Å². The van der Waals surface area contributed by atoms with Gasteiger partial charge in [-0.25, -0.2) is 0 Å². The summed E-state index contributed by atoms with van der Waals surface area (Å²) in [4.78, 5) is 14.9. The molecule has 1 saturated heterocycles. The summed E-state index contributed by atoms with van der Waals surface area (Å²) in [5.41, 5.74) is 3.59. The van der Waals surface area contributed by atoms with Crippen LogP contribution >= 0.6 is 0 Å². The van der Waals surface area contributed by atoms with Crippen LogP contribution in [-0.2, 0) is 17.9 Å². The number of ether oxygens (including phenoxy) is 1. The number of carbonyl (C=O) groups is 1. The molecule has 1 unspecified atom stereocenters. The van der Waals surface area contributed by atoms with E-state index in [1.54, 1.807) is 6.92 Å². The summed E-state index contributed by atoms with van der Waals surface area (Å²) >= 11 is 0. The highest BCUT2D eigenvalue weighted by atomic mass is 16.5. The van der Waals surface area contributed by atoms with Crippen molar-refractivity contribution in [1.82, 2.24) is 10.2 Å². The smallest absolute Gasteiger partial charge is 0.261 e. The third kappa shape index (κ3) is 5.09. The second-order valence-electron chi connectivity index (χ2n) is 7.05. The molecule has 0 aliphatic carbocycles. The fraction of sp³-hybridized carbons (Fsp3) is 0.409. The number of nitrogens with zero attached hydrogens (tertiary/aromatic N) is 1. The summed E-state index contributed by atoms with van der Waals surface area (Å²) in [5, 5.41) is 3.02. The molecule has 1 aliphatic rings. The standard InChI is InChI=1S/C22H28N2O2/c1-17-8-7-11-21(14-17)26-18(2)22(25)23-15-19-9-3-4-10-20(19)16-24-12-5-6-13-24/h3-4,7-11,14,18H,5-6,12-13,15-16H2,1-2H3,(H,23,25). The molecular weight excluding hydrogens is 324 g/mol. The van der Waals surface area contributed by atoms with Gasteiger partial charge in [-0.3, -0.25) is 9.69 Å². The lowest BCUT2D eigenvalue weighted by Crippen LogP contribution is -2.36. The average Bonchev–Trinajstić information content (AvgIpc) is 3.14. The number of benzene rings is 2. The molecule has 138 valence electrons. The van der Waals surface area contributed by atoms with E-state index in [4.69, 9.17) is 4.74 Å². The molecule has 1 heterocycles. The summed E-state index contributed by atoms with van der Waals surface area (Å²) < 4.78 is 5.76. The Morgan fingerprint density at radius 3 is 2.58 bits per heavy atom. The van der Waals surface area contributed by atoms with Crippen LogP contribution in [0.3, 0.4) is 0 Å². The number of carbonyl (C=O) groups excluding carboxylic acids is 1. The molecular formula is C22H28N2O2. The molecule has 4 heteroatoms. The number of nitrogens with one attached hydrogen (secondary N) is 1. The predicted molar refractivity (Wildman–Crippen MR) is 104 cm³/mol. The van der Waals surface area contributed by atoms with Crippen molar-refractivity contribution >= 4 is 5.91 Å². The first-order valence-corrected chi connectivity index (χ1v) is 9.42. The number of aryl methyl sites for hydroxylation is 1. The summed E-state index contributed by atoms with van der Waals surface area (Å²) in [7, 11) is 0. The summed E-state index contributed by atoms with van der Waals surface area (Å²) in [5.74, 6) is 0.629. The SMILES string of the molecule is Cc1cccc(OC(C)C(=O)NCc2ccccc2CN2CCCC2)c1. The normalized spacial score (nSPS) is 15.6. The van der Waals surface area contributed by atoms with Crippen LogP contribution in [0.1, 0.15) is 36.5 Å². The fourth-order valence-electron chi connectivity index (χ4n) is 3.34. The Balaban J connectivity index is 1.55. The van der Waals surface area contributed by atoms with Gasteiger partial charge in [0, 0.05) is 13.1 Å². The van der Waals surface area contributed by atoms with E-state index in [-0.39, 0.29) is 5.91 Å². The minimum atomic E-state index is -0.525. The molecule has 2 aromatic rings. The number of rotatable bonds is 7. The van der Waals surface area contributed by atoms with Crippen LogP contribution < -0.4 is 10.1 Å². The molecule has 1 atom stereocenters. The van der Waals surface area contributed by atoms with Gasteiger partial charge in [-0.15, -0.1) is 0 Å². The Kier molecular flexibility index (Phi) is 6.29. The molecule has 1 N–H and O–H groups in total. The number of amides is 1. The zero-order chi connectivity index (χ0) is 18.4. The monoisotopic (exact) mass is 352 g/mol. The third-order valence-corrected chi connectivity index (χ3v) is 4.84. The Morgan fingerprint density at radius 2 is 1.85 bits per heavy atom. The van der Waals surface area contributed by atoms with Crippen LogP contribution in [0.4, 0.5) is 0 Å². The van der Waals surface area contributed by atoms with Crippen molar-refractivity contribution in [3.8, 4) is 5.75 Å². The minimum Gasteiger partial charge on any atom is -0.481 e. The minimum absolute atomic E-state index is 0.0949. The van der Waals surface area contributed by atoms with Gasteiger partial charge in [-0.05, 0) is 68.6 Å². The maximum atomic E-state index is 12.4. The van der Waals surface area contributed by atoms with Crippen LogP contribution in [0.25, 0.3) is 0 Å². The molecule has 0 saturated carbocycles. The van der Waals surface area contributed by atoms with Gasteiger partial charge in [-0.1, -0.05) is 36.4 Å². The van der Waals surface area contributed by atoms with Gasteiger partial charge in [0.1, 0.15) is 5.75 Å². The number of likely N-dealkylation sites (tertiary alicyclic amines) is 1. The van der Waals surface area contributed by atoms with E-state index in [0.717, 1.165) is 17.9 Å². The van der Waals surface area contributed by atoms with Gasteiger partial charge in [0.15, 0.2) is 6.10 Å². The molecule has 3 rings (SSSR count). The van der Waals surface area contributed by atoms with Crippen LogP contribution in [0.2, 0.25) is 0 Å². The Bertz CT molecular complexity index is 738. The zero-order valence-electron chi connectivity index (χ0n) is 15.7. The molecule has 1 amide bonds. The molecule has 26 heavy (non-hydrogen) atoms. The summed E-state index contributed by atoms with van der Waals surface area (Å²) in [6.07, 6.45) is 2.04. The highest BCUT2D eigenvalue weighted by Gasteiger charge is 2.16. The van der Waals surface area contributed by atoms with Crippen LogP contribution in [0.15, 0.2) is 48.5 Å². The molecule has 1 aliphatic heterocycles. The van der Waals surface area contributed by atoms with Gasteiger partial charge in [-0.2, -0.15) is 0 Å². The van der Waals surface area contributed by atoms with E-state index >= 15 is 0 Å². The number of hydrogen-bond donors (Lipinski definition) is 1. The molecule has 0 spiro atoms. The maximum absolute atomic E-state index is 12.4. The van der Waals surface area contributed by atoms with Crippen molar-refractivity contribution < 1.29 is 9.53 Å². The van der Waals surface area contributed by atoms with Gasteiger partial charge in [0.2, 0.25) is 0 Å². The second-order valence-corrected chi connectivity index (χ2v) is 7.05. The van der Waals surface area contributed by atoms with E-state index < -0.39 is 6.10 Å². The molecule has 0 radical (unpaired) electrons. The van der Waals surface area contributed by atoms with Crippen molar-refractivity contribution in [2.75, 3.05) is 13.1 Å². The Hall–Kier alpha value is -2.33. The lowest BCUT2D eigenvalue weighted by Gasteiger charge is -2.19. The Morgan fingerprint density at radius 1 is 1.12 bits per heavy atom. The third-order valence-electron chi connectivity index (χ3n) is 4.84. The first-order chi connectivity index (χ1) is 12.6. The van der Waals surface area contributed by atoms with E-state index in [1.807, 2.05) is 37.3 Å². The number of hydrogen-bond acceptors (Lipinski definition) is 3. The fourth-order valence-corrected chi connectivity index (χ4v) is 3.34. The molecule has 0 aromatic heterocycles. The van der Waals surface area contributed by atoms with Crippen molar-refractivity contribution in [2.45, 2.75) is 45.9 Å². The first-order valence-electron chi connectivity index (χ1n) is 9.42. The Labute approximate surface area is 156 Å². The van der Waals surface area contributed by atoms with Crippen molar-refractivity contribution in [2.24, 2.45) is 0 Å². The summed E-state index contributed by atoms with van der Waals surface area (Å²) in [6.45, 7) is 7.62. The predicted octanol–water partition coefficient (Wildman–Crippen LogP) is 3.67. The first kappa shape index (κ1) is 18.5. The topological polar surface area (TPSA) is 41.6 Å². The van der Waals surface area contributed by atoms with Crippen molar-refractivity contribution in [1.29, 1.82) is 0 Å². The van der Waals surface area contributed by atoms with Gasteiger partial charge in [0.05, 0.1) is 0 Å². The van der Waals surface area contributed by atoms with Crippen LogP contribution in [0, 0.1) is 6.92 Å².